The molecule has 2 aromatic heterocycles. The Hall–Kier alpha value is -3.19. The number of nitrogens with one attached hydrogen (secondary N) is 1. The first-order valence-electron chi connectivity index (χ1n) is 9.76. The average Bonchev–Trinajstić information content (AvgIpc) is 3.19. The third kappa shape index (κ3) is 3.86. The predicted molar refractivity (Wildman–Crippen MR) is 114 cm³/mol. The summed E-state index contributed by atoms with van der Waals surface area (Å²) in [5.74, 6) is 0.868. The van der Waals surface area contributed by atoms with Crippen molar-refractivity contribution >= 4 is 11.6 Å². The van der Waals surface area contributed by atoms with Gasteiger partial charge in [0.1, 0.15) is 11.9 Å². The zero-order chi connectivity index (χ0) is 20.4. The largest absolute Gasteiger partial charge is 0.378 e. The fourth-order valence-electron chi connectivity index (χ4n) is 3.71. The van der Waals surface area contributed by atoms with Gasteiger partial charge in [-0.15, -0.1) is 0 Å². The average molecular weight is 390 g/mol. The highest BCUT2D eigenvalue weighted by atomic mass is 16.2. The summed E-state index contributed by atoms with van der Waals surface area (Å²) < 4.78 is 1.97. The molecule has 150 valence electrons. The molecule has 4 rings (SSSR count). The molecule has 0 aliphatic carbocycles. The van der Waals surface area contributed by atoms with Crippen LogP contribution in [0.5, 0.6) is 0 Å². The lowest BCUT2D eigenvalue weighted by atomic mass is 10.0. The van der Waals surface area contributed by atoms with Crippen LogP contribution >= 0.6 is 0 Å². The van der Waals surface area contributed by atoms with E-state index >= 15 is 0 Å². The van der Waals surface area contributed by atoms with E-state index in [1.807, 2.05) is 42.9 Å². The first kappa shape index (κ1) is 19.1. The number of nitrogens with zero attached hydrogens (tertiary/aromatic N) is 5. The summed E-state index contributed by atoms with van der Waals surface area (Å²) in [6, 6.07) is 10.1. The molecule has 0 radical (unpaired) electrons. The fraction of sp³-hybridized carbons (Fsp3) is 0.318. The monoisotopic (exact) mass is 390 g/mol. The van der Waals surface area contributed by atoms with E-state index < -0.39 is 0 Å². The van der Waals surface area contributed by atoms with Crippen molar-refractivity contribution in [3.63, 3.8) is 0 Å². The molecule has 0 saturated carbocycles. The molecule has 3 aromatic rings. The maximum atomic E-state index is 13.4. The minimum atomic E-state index is -0.0979. The van der Waals surface area contributed by atoms with Crippen LogP contribution in [0, 0.1) is 0 Å². The number of aryl methyl sites for hydroxylation is 1. The Morgan fingerprint density at radius 3 is 2.66 bits per heavy atom. The maximum Gasteiger partial charge on any atom is 0.256 e. The second kappa shape index (κ2) is 8.05. The van der Waals surface area contributed by atoms with Gasteiger partial charge in [-0.25, -0.2) is 4.98 Å². The van der Waals surface area contributed by atoms with Crippen LogP contribution in [0.4, 0.5) is 5.69 Å². The number of pyridine rings is 1. The summed E-state index contributed by atoms with van der Waals surface area (Å²) >= 11 is 0. The fourth-order valence-corrected chi connectivity index (χ4v) is 3.71. The van der Waals surface area contributed by atoms with Gasteiger partial charge in [0.15, 0.2) is 0 Å². The van der Waals surface area contributed by atoms with Crippen LogP contribution in [0.1, 0.15) is 22.2 Å². The van der Waals surface area contributed by atoms with Gasteiger partial charge < -0.3 is 19.7 Å². The lowest BCUT2D eigenvalue weighted by Gasteiger charge is -2.35. The van der Waals surface area contributed by atoms with Crippen LogP contribution in [0.2, 0.25) is 0 Å². The third-order valence-electron chi connectivity index (χ3n) is 5.36. The second-order valence-electron chi connectivity index (χ2n) is 7.52. The number of imidazole rings is 1. The molecule has 1 aliphatic rings. The number of benzene rings is 1. The normalized spacial score (nSPS) is 16.7. The maximum absolute atomic E-state index is 13.4. The number of amides is 1. The molecule has 1 fully saturated rings. The number of hydrogen-bond acceptors (Lipinski definition) is 5. The van der Waals surface area contributed by atoms with Gasteiger partial charge >= 0.3 is 0 Å². The lowest BCUT2D eigenvalue weighted by molar-refractivity contribution is 0.0620. The summed E-state index contributed by atoms with van der Waals surface area (Å²) in [5, 5.41) is 3.37. The van der Waals surface area contributed by atoms with Gasteiger partial charge in [-0.05, 0) is 23.8 Å². The predicted octanol–water partition coefficient (Wildman–Crippen LogP) is 2.33. The van der Waals surface area contributed by atoms with Gasteiger partial charge in [0, 0.05) is 76.8 Å². The Morgan fingerprint density at radius 2 is 1.97 bits per heavy atom. The Kier molecular flexibility index (Phi) is 5.31. The molecule has 3 heterocycles. The molecule has 1 saturated heterocycles. The van der Waals surface area contributed by atoms with Crippen LogP contribution in [0.15, 0.2) is 55.1 Å². The molecule has 1 atom stereocenters. The molecule has 1 aromatic carbocycles. The Morgan fingerprint density at radius 1 is 1.17 bits per heavy atom. The van der Waals surface area contributed by atoms with Crippen molar-refractivity contribution < 1.29 is 4.79 Å². The summed E-state index contributed by atoms with van der Waals surface area (Å²) in [6.45, 7) is 2.10. The number of hydrogen-bond donors (Lipinski definition) is 1. The van der Waals surface area contributed by atoms with Gasteiger partial charge in [0.05, 0.1) is 5.56 Å². The molecule has 1 N–H and O–H groups in total. The van der Waals surface area contributed by atoms with Gasteiger partial charge in [0.2, 0.25) is 0 Å². The van der Waals surface area contributed by atoms with Crippen molar-refractivity contribution in [1.82, 2.24) is 24.8 Å². The molecule has 1 amide bonds. The lowest BCUT2D eigenvalue weighted by Crippen LogP contribution is -2.49. The van der Waals surface area contributed by atoms with E-state index in [1.165, 1.54) is 0 Å². The smallest absolute Gasteiger partial charge is 0.256 e. The van der Waals surface area contributed by atoms with Crippen LogP contribution < -0.4 is 10.2 Å². The van der Waals surface area contributed by atoms with Gasteiger partial charge in [0.25, 0.3) is 5.91 Å². The number of piperazine rings is 1. The SMILES string of the molecule is CN(C)c1ccc(-c2cncc(C(=O)N3CCNCC3c3nccn3C)c2)cc1. The number of carbonyl (C=O) groups is 1. The summed E-state index contributed by atoms with van der Waals surface area (Å²) in [4.78, 5) is 26.1. The van der Waals surface area contributed by atoms with E-state index in [0.29, 0.717) is 18.7 Å². The van der Waals surface area contributed by atoms with Crippen LogP contribution in [0.3, 0.4) is 0 Å². The Bertz CT molecular complexity index is 995. The van der Waals surface area contributed by atoms with E-state index in [4.69, 9.17) is 0 Å². The van der Waals surface area contributed by atoms with Gasteiger partial charge in [-0.1, -0.05) is 12.1 Å². The zero-order valence-corrected chi connectivity index (χ0v) is 17.0. The first-order chi connectivity index (χ1) is 14.0. The highest BCUT2D eigenvalue weighted by Crippen LogP contribution is 2.26. The standard InChI is InChI=1S/C22H26N6O/c1-26(2)19-6-4-16(5-7-19)17-12-18(14-24-13-17)22(29)28-11-8-23-15-20(28)21-25-9-10-27(21)3/h4-7,9-10,12-14,20,23H,8,11,15H2,1-3H3. The van der Waals surface area contributed by atoms with Crippen LogP contribution in [0.25, 0.3) is 11.1 Å². The van der Waals surface area contributed by atoms with Crippen LogP contribution in [-0.2, 0) is 7.05 Å². The Balaban J connectivity index is 1.61. The number of carbonyl (C=O) groups excluding carboxylic acids is 1. The van der Waals surface area contributed by atoms with E-state index in [2.05, 4.69) is 44.5 Å². The van der Waals surface area contributed by atoms with Crippen molar-refractivity contribution in [2.75, 3.05) is 38.6 Å². The second-order valence-corrected chi connectivity index (χ2v) is 7.52. The van der Waals surface area contributed by atoms with Crippen molar-refractivity contribution in [2.45, 2.75) is 6.04 Å². The van der Waals surface area contributed by atoms with Crippen molar-refractivity contribution in [1.29, 1.82) is 0 Å². The van der Waals surface area contributed by atoms with E-state index in [1.54, 1.807) is 18.6 Å². The quantitative estimate of drug-likeness (QED) is 0.741. The summed E-state index contributed by atoms with van der Waals surface area (Å²) in [7, 11) is 5.99. The van der Waals surface area contributed by atoms with Crippen molar-refractivity contribution in [3.05, 3.63) is 66.5 Å². The molecule has 0 spiro atoms. The zero-order valence-electron chi connectivity index (χ0n) is 17.0. The summed E-state index contributed by atoms with van der Waals surface area (Å²) in [6.07, 6.45) is 7.13. The molecule has 7 heteroatoms. The molecule has 29 heavy (non-hydrogen) atoms. The van der Waals surface area contributed by atoms with Gasteiger partial charge in [-0.3, -0.25) is 9.78 Å². The summed E-state index contributed by atoms with van der Waals surface area (Å²) in [5.41, 5.74) is 3.71. The highest BCUT2D eigenvalue weighted by Gasteiger charge is 2.31. The molecular weight excluding hydrogens is 364 g/mol. The van der Waals surface area contributed by atoms with E-state index in [9.17, 15) is 4.79 Å². The molecule has 7 nitrogen and oxygen atoms in total. The number of anilines is 1. The topological polar surface area (TPSA) is 66.3 Å². The molecular formula is C22H26N6O. The third-order valence-corrected chi connectivity index (χ3v) is 5.36. The first-order valence-corrected chi connectivity index (χ1v) is 9.76. The highest BCUT2D eigenvalue weighted by molar-refractivity contribution is 5.95. The minimum Gasteiger partial charge on any atom is -0.378 e. The Labute approximate surface area is 171 Å². The van der Waals surface area contributed by atoms with Crippen molar-refractivity contribution in [3.8, 4) is 11.1 Å². The number of rotatable bonds is 4. The van der Waals surface area contributed by atoms with Crippen LogP contribution in [-0.4, -0.2) is 59.1 Å². The van der Waals surface area contributed by atoms with E-state index in [0.717, 1.165) is 29.2 Å². The van der Waals surface area contributed by atoms with Gasteiger partial charge in [-0.2, -0.15) is 0 Å². The van der Waals surface area contributed by atoms with E-state index in [-0.39, 0.29) is 11.9 Å². The molecule has 1 aliphatic heterocycles. The number of aromatic nitrogens is 3. The van der Waals surface area contributed by atoms with Crippen molar-refractivity contribution in [2.24, 2.45) is 7.05 Å². The minimum absolute atomic E-state index is 0.0150. The molecule has 1 unspecified atom stereocenters. The molecule has 0 bridgehead atoms.